The topological polar surface area (TPSA) is 132 Å². The summed E-state index contributed by atoms with van der Waals surface area (Å²) in [7, 11) is 2.76. The van der Waals surface area contributed by atoms with E-state index >= 15 is 0 Å². The molecule has 0 spiro atoms. The molecule has 4 saturated carbocycles. The molecule has 0 aliphatic heterocycles. The van der Waals surface area contributed by atoms with Gasteiger partial charge in [0.2, 0.25) is 0 Å². The third-order valence-corrected chi connectivity index (χ3v) is 14.2. The van der Waals surface area contributed by atoms with Crippen molar-refractivity contribution in [1.82, 2.24) is 0 Å². The van der Waals surface area contributed by atoms with Gasteiger partial charge in [-0.1, -0.05) is 40.2 Å². The van der Waals surface area contributed by atoms with E-state index < -0.39 is 63.8 Å². The molecule has 0 N–H and O–H groups in total. The summed E-state index contributed by atoms with van der Waals surface area (Å²) in [5, 5.41) is 0. The molecule has 268 valence electrons. The highest BCUT2D eigenvalue weighted by Gasteiger charge is 2.74. The first-order valence-electron chi connectivity index (χ1n) is 17.6. The molecular formula is C38H56O10. The highest BCUT2D eigenvalue weighted by molar-refractivity contribution is 5.84. The number of esters is 5. The molecule has 0 bridgehead atoms. The Balaban J connectivity index is 1.71. The lowest BCUT2D eigenvalue weighted by Gasteiger charge is -2.71. The summed E-state index contributed by atoms with van der Waals surface area (Å²) in [5.41, 5.74) is -1.29. The van der Waals surface area contributed by atoms with Crippen LogP contribution in [0.25, 0.3) is 0 Å². The van der Waals surface area contributed by atoms with Gasteiger partial charge in [-0.2, -0.15) is 0 Å². The monoisotopic (exact) mass is 672 g/mol. The predicted octanol–water partition coefficient (Wildman–Crippen LogP) is 6.27. The minimum atomic E-state index is -1.27. The number of hydrogen-bond acceptors (Lipinski definition) is 10. The van der Waals surface area contributed by atoms with Gasteiger partial charge in [-0.25, -0.2) is 0 Å². The quantitative estimate of drug-likeness (QED) is 0.187. The van der Waals surface area contributed by atoms with Crippen LogP contribution in [0.3, 0.4) is 0 Å². The Bertz CT molecular complexity index is 1430. The van der Waals surface area contributed by atoms with Gasteiger partial charge in [-0.05, 0) is 104 Å². The molecule has 5 rings (SSSR count). The first-order chi connectivity index (χ1) is 22.2. The molecule has 0 amide bonds. The molecule has 0 aromatic heterocycles. The molecule has 0 unspecified atom stereocenters. The molecule has 10 atom stereocenters. The third-order valence-electron chi connectivity index (χ3n) is 14.2. The van der Waals surface area contributed by atoms with Crippen LogP contribution in [-0.4, -0.2) is 62.4 Å². The number of ether oxygens (including phenoxy) is 5. The maximum absolute atomic E-state index is 13.9. The second kappa shape index (κ2) is 11.9. The van der Waals surface area contributed by atoms with Crippen LogP contribution in [0.2, 0.25) is 0 Å². The van der Waals surface area contributed by atoms with Crippen LogP contribution in [0.4, 0.5) is 0 Å². The first-order valence-corrected chi connectivity index (χ1v) is 17.6. The van der Waals surface area contributed by atoms with Crippen molar-refractivity contribution in [2.45, 2.75) is 138 Å². The van der Waals surface area contributed by atoms with Gasteiger partial charge in [0.15, 0.2) is 6.10 Å². The SMILES string of the molecule is COC(=O)[C@]12CCC(C)(C)CC1=C1CC[C@@H]3[C@@]4(C)C[C@H](OC(C)=O)[C@H](OC(C)=O)[C@@](C)(C(=O)OC)[C@@H]4CC[C@@]3(C)[C@]1(C)C[C@H]2OC(C)=O. The third kappa shape index (κ3) is 5.04. The molecule has 5 aliphatic carbocycles. The standard InChI is InChI=1S/C38H56O10/c1-21(39)46-26-19-34(6)27-13-12-24-25-18-33(4,5)16-17-38(25,32(43)45-11)29(47-22(2)40)20-36(24,8)35(27,7)15-14-28(34)37(9,31(42)44-10)30(26)48-23(3)41/h26-30H,12-20H2,1-11H3/t26-,27+,28+,29+,30-,34+,35+,36+,37-,38+/m0/s1. The Morgan fingerprint density at radius 1 is 0.667 bits per heavy atom. The van der Waals surface area contributed by atoms with E-state index in [1.165, 1.54) is 40.6 Å². The van der Waals surface area contributed by atoms with Crippen molar-refractivity contribution in [2.75, 3.05) is 14.2 Å². The Morgan fingerprint density at radius 3 is 1.83 bits per heavy atom. The van der Waals surface area contributed by atoms with Crippen LogP contribution >= 0.6 is 0 Å². The lowest BCUT2D eigenvalue weighted by atomic mass is 9.33. The summed E-state index contributed by atoms with van der Waals surface area (Å²) in [6.07, 6.45) is 3.38. The minimum absolute atomic E-state index is 0.0467. The summed E-state index contributed by atoms with van der Waals surface area (Å²) < 4.78 is 28.9. The molecule has 4 fully saturated rings. The second-order valence-electron chi connectivity index (χ2n) is 17.2. The van der Waals surface area contributed by atoms with Gasteiger partial charge in [-0.3, -0.25) is 24.0 Å². The molecule has 0 saturated heterocycles. The van der Waals surface area contributed by atoms with Gasteiger partial charge in [0, 0.05) is 20.8 Å². The number of carbonyl (C=O) groups excluding carboxylic acids is 5. The maximum Gasteiger partial charge on any atom is 0.319 e. The molecule has 5 aliphatic rings. The Morgan fingerprint density at radius 2 is 1.27 bits per heavy atom. The van der Waals surface area contributed by atoms with Gasteiger partial charge in [0.25, 0.3) is 0 Å². The summed E-state index contributed by atoms with van der Waals surface area (Å²) >= 11 is 0. The number of fused-ring (bicyclic) bond motifs is 6. The largest absolute Gasteiger partial charge is 0.468 e. The highest BCUT2D eigenvalue weighted by atomic mass is 16.6. The maximum atomic E-state index is 13.9. The Hall–Kier alpha value is -2.91. The summed E-state index contributed by atoms with van der Waals surface area (Å²) in [6, 6.07) is 0. The summed E-state index contributed by atoms with van der Waals surface area (Å²) in [6.45, 7) is 17.1. The van der Waals surface area contributed by atoms with Gasteiger partial charge in [0.05, 0.1) is 14.2 Å². The Labute approximate surface area is 285 Å². The van der Waals surface area contributed by atoms with E-state index in [0.717, 1.165) is 31.3 Å². The lowest BCUT2D eigenvalue weighted by molar-refractivity contribution is -0.254. The van der Waals surface area contributed by atoms with Crippen LogP contribution in [0, 0.1) is 44.3 Å². The van der Waals surface area contributed by atoms with Crippen molar-refractivity contribution < 1.29 is 47.7 Å². The lowest BCUT2D eigenvalue weighted by Crippen LogP contribution is -2.70. The fourth-order valence-corrected chi connectivity index (χ4v) is 12.1. The van der Waals surface area contributed by atoms with Gasteiger partial charge in [-0.15, -0.1) is 0 Å². The van der Waals surface area contributed by atoms with E-state index in [9.17, 15) is 24.0 Å². The van der Waals surface area contributed by atoms with Crippen molar-refractivity contribution in [3.05, 3.63) is 11.1 Å². The normalized spacial score (nSPS) is 42.9. The van der Waals surface area contributed by atoms with E-state index in [0.29, 0.717) is 32.1 Å². The summed E-state index contributed by atoms with van der Waals surface area (Å²) in [4.78, 5) is 65.5. The van der Waals surface area contributed by atoms with Crippen LogP contribution in [0.1, 0.15) is 120 Å². The highest BCUT2D eigenvalue weighted by Crippen LogP contribution is 2.76. The van der Waals surface area contributed by atoms with E-state index in [2.05, 4.69) is 34.6 Å². The zero-order chi connectivity index (χ0) is 35.8. The fraction of sp³-hybridized carbons (Fsp3) is 0.816. The molecule has 10 heteroatoms. The zero-order valence-corrected chi connectivity index (χ0v) is 30.8. The number of allylic oxidation sites excluding steroid dienone is 1. The smallest absolute Gasteiger partial charge is 0.319 e. The number of hydrogen-bond donors (Lipinski definition) is 0. The van der Waals surface area contributed by atoms with E-state index in [-0.39, 0.29) is 28.6 Å². The molecule has 0 aromatic carbocycles. The fourth-order valence-electron chi connectivity index (χ4n) is 12.1. The van der Waals surface area contributed by atoms with Crippen LogP contribution in [0.15, 0.2) is 11.1 Å². The van der Waals surface area contributed by atoms with Gasteiger partial charge >= 0.3 is 29.8 Å². The molecule has 0 radical (unpaired) electrons. The van der Waals surface area contributed by atoms with Crippen molar-refractivity contribution in [1.29, 1.82) is 0 Å². The van der Waals surface area contributed by atoms with Crippen molar-refractivity contribution in [3.63, 3.8) is 0 Å². The van der Waals surface area contributed by atoms with E-state index in [1.54, 1.807) is 6.92 Å². The van der Waals surface area contributed by atoms with Crippen molar-refractivity contribution in [2.24, 2.45) is 44.3 Å². The zero-order valence-electron chi connectivity index (χ0n) is 30.8. The van der Waals surface area contributed by atoms with Gasteiger partial charge < -0.3 is 23.7 Å². The van der Waals surface area contributed by atoms with E-state index in [1.807, 2.05) is 0 Å². The molecule has 48 heavy (non-hydrogen) atoms. The van der Waals surface area contributed by atoms with Gasteiger partial charge in [0.1, 0.15) is 23.0 Å². The molecule has 10 nitrogen and oxygen atoms in total. The average molecular weight is 673 g/mol. The van der Waals surface area contributed by atoms with Crippen molar-refractivity contribution in [3.8, 4) is 0 Å². The predicted molar refractivity (Wildman–Crippen MR) is 175 cm³/mol. The molecule has 0 aromatic rings. The number of methoxy groups -OCH3 is 2. The van der Waals surface area contributed by atoms with Crippen LogP contribution < -0.4 is 0 Å². The molecular weight excluding hydrogens is 616 g/mol. The van der Waals surface area contributed by atoms with E-state index in [4.69, 9.17) is 23.7 Å². The summed E-state index contributed by atoms with van der Waals surface area (Å²) in [5.74, 6) is -2.49. The number of carbonyl (C=O) groups is 5. The van der Waals surface area contributed by atoms with Crippen molar-refractivity contribution >= 4 is 29.8 Å². The average Bonchev–Trinajstić information content (AvgIpc) is 2.97. The minimum Gasteiger partial charge on any atom is -0.468 e. The van der Waals surface area contributed by atoms with Crippen LogP contribution in [-0.2, 0) is 47.7 Å². The molecule has 0 heterocycles. The first kappa shape index (κ1) is 36.4. The Kier molecular flexibility index (Phi) is 8.99. The van der Waals surface area contributed by atoms with Crippen LogP contribution in [0.5, 0.6) is 0 Å². The number of rotatable bonds is 5. The second-order valence-corrected chi connectivity index (χ2v) is 17.2.